The minimum atomic E-state index is -3.96. The number of hydrogen-bond donors (Lipinski definition) is 3. The largest absolute Gasteiger partial charge is 0.478 e. The summed E-state index contributed by atoms with van der Waals surface area (Å²) in [5.41, 5.74) is 7.19. The van der Waals surface area contributed by atoms with E-state index in [0.717, 1.165) is 10.8 Å². The summed E-state index contributed by atoms with van der Waals surface area (Å²) in [5.74, 6) is 0.0576. The Kier molecular flexibility index (Phi) is 6.69. The first-order chi connectivity index (χ1) is 17.8. The lowest BCUT2D eigenvalue weighted by Gasteiger charge is -2.28. The van der Waals surface area contributed by atoms with Crippen molar-refractivity contribution < 1.29 is 23.1 Å². The van der Waals surface area contributed by atoms with Crippen molar-refractivity contribution in [3.05, 3.63) is 54.4 Å². The molecule has 1 fully saturated rings. The standard InChI is InChI=1S/C23H21N7O5S2/c24-23-25-12-15(13-26-23)21-27-17-11-18(36-20(17)22(28-21)30-6-8-35-9-7-30)29-37(33,34)16-3-1-2-14(10-16)4-5-19(31)32/h1-5,10-13,29H,6-9H2,(H,31,32)(H2,24,25,26). The molecule has 4 N–H and O–H groups in total. The zero-order valence-electron chi connectivity index (χ0n) is 19.2. The lowest BCUT2D eigenvalue weighted by Crippen LogP contribution is -2.36. The number of carboxylic acids is 1. The monoisotopic (exact) mass is 539 g/mol. The lowest BCUT2D eigenvalue weighted by molar-refractivity contribution is -0.131. The minimum absolute atomic E-state index is 0.00306. The van der Waals surface area contributed by atoms with Gasteiger partial charge < -0.3 is 20.5 Å². The van der Waals surface area contributed by atoms with Gasteiger partial charge in [0.05, 0.1) is 33.9 Å². The number of carbonyl (C=O) groups is 1. The van der Waals surface area contributed by atoms with Crippen LogP contribution in [0.1, 0.15) is 5.56 Å². The second kappa shape index (κ2) is 10.1. The summed E-state index contributed by atoms with van der Waals surface area (Å²) >= 11 is 1.22. The second-order valence-corrected chi connectivity index (χ2v) is 10.7. The van der Waals surface area contributed by atoms with Crippen LogP contribution >= 0.6 is 11.3 Å². The van der Waals surface area contributed by atoms with Crippen LogP contribution in [0.15, 0.2) is 53.7 Å². The van der Waals surface area contributed by atoms with Crippen LogP contribution in [0, 0.1) is 0 Å². The number of fused-ring (bicyclic) bond motifs is 1. The molecule has 0 spiro atoms. The molecule has 5 rings (SSSR count). The van der Waals surface area contributed by atoms with Gasteiger partial charge in [-0.25, -0.2) is 33.1 Å². The summed E-state index contributed by atoms with van der Waals surface area (Å²) in [6, 6.07) is 7.65. The van der Waals surface area contributed by atoms with Crippen molar-refractivity contribution in [1.29, 1.82) is 0 Å². The number of nitrogens with zero attached hydrogens (tertiary/aromatic N) is 5. The van der Waals surface area contributed by atoms with Gasteiger partial charge in [0.2, 0.25) is 5.95 Å². The third kappa shape index (κ3) is 5.50. The number of nitrogen functional groups attached to an aromatic ring is 1. The number of benzene rings is 1. The number of morpholine rings is 1. The number of ether oxygens (including phenoxy) is 1. The summed E-state index contributed by atoms with van der Waals surface area (Å²) in [6.45, 7) is 2.34. The minimum Gasteiger partial charge on any atom is -0.478 e. The summed E-state index contributed by atoms with van der Waals surface area (Å²) in [6.07, 6.45) is 5.34. The number of carboxylic acid groups (broad SMARTS) is 1. The number of aromatic nitrogens is 4. The van der Waals surface area contributed by atoms with E-state index in [9.17, 15) is 13.2 Å². The van der Waals surface area contributed by atoms with Gasteiger partial charge in [-0.15, -0.1) is 11.3 Å². The fourth-order valence-electron chi connectivity index (χ4n) is 3.68. The van der Waals surface area contributed by atoms with Gasteiger partial charge in [-0.05, 0) is 29.8 Å². The van der Waals surface area contributed by atoms with Gasteiger partial charge in [0, 0.05) is 31.6 Å². The third-order valence-corrected chi connectivity index (χ3v) is 7.94. The molecule has 37 heavy (non-hydrogen) atoms. The predicted molar refractivity (Wildman–Crippen MR) is 140 cm³/mol. The molecule has 0 aliphatic carbocycles. The fourth-order valence-corrected chi connectivity index (χ4v) is 6.03. The Labute approximate surface area is 215 Å². The number of aliphatic carboxylic acids is 1. The maximum Gasteiger partial charge on any atom is 0.328 e. The summed E-state index contributed by atoms with van der Waals surface area (Å²) in [4.78, 5) is 30.3. The molecule has 1 saturated heterocycles. The molecule has 0 unspecified atom stereocenters. The Morgan fingerprint density at radius 3 is 2.65 bits per heavy atom. The number of nitrogens with two attached hydrogens (primary N) is 1. The highest BCUT2D eigenvalue weighted by molar-refractivity contribution is 7.93. The first kappa shape index (κ1) is 24.5. The highest BCUT2D eigenvalue weighted by Crippen LogP contribution is 2.37. The van der Waals surface area contributed by atoms with Crippen molar-refractivity contribution in [1.82, 2.24) is 19.9 Å². The van der Waals surface area contributed by atoms with E-state index in [-0.39, 0.29) is 10.8 Å². The van der Waals surface area contributed by atoms with Crippen LogP contribution in [0.4, 0.5) is 16.8 Å². The zero-order chi connectivity index (χ0) is 26.0. The van der Waals surface area contributed by atoms with Crippen molar-refractivity contribution in [2.24, 2.45) is 0 Å². The Balaban J connectivity index is 1.53. The molecule has 0 atom stereocenters. The van der Waals surface area contributed by atoms with Gasteiger partial charge >= 0.3 is 5.97 Å². The topological polar surface area (TPSA) is 174 Å². The van der Waals surface area contributed by atoms with E-state index >= 15 is 0 Å². The normalized spacial score (nSPS) is 14.3. The molecule has 14 heteroatoms. The predicted octanol–water partition coefficient (Wildman–Crippen LogP) is 2.47. The van der Waals surface area contributed by atoms with Crippen molar-refractivity contribution in [3.63, 3.8) is 0 Å². The first-order valence-corrected chi connectivity index (χ1v) is 13.3. The Morgan fingerprint density at radius 2 is 1.92 bits per heavy atom. The van der Waals surface area contributed by atoms with E-state index in [0.29, 0.717) is 59.6 Å². The van der Waals surface area contributed by atoms with Crippen LogP contribution in [0.25, 0.3) is 27.7 Å². The van der Waals surface area contributed by atoms with Gasteiger partial charge in [-0.1, -0.05) is 12.1 Å². The quantitative estimate of drug-likeness (QED) is 0.294. The summed E-state index contributed by atoms with van der Waals surface area (Å²) in [7, 11) is -3.96. The van der Waals surface area contributed by atoms with Crippen LogP contribution in [-0.2, 0) is 19.6 Å². The van der Waals surface area contributed by atoms with Crippen LogP contribution < -0.4 is 15.4 Å². The molecule has 12 nitrogen and oxygen atoms in total. The van der Waals surface area contributed by atoms with Crippen LogP contribution in [0.5, 0.6) is 0 Å². The van der Waals surface area contributed by atoms with E-state index < -0.39 is 16.0 Å². The lowest BCUT2D eigenvalue weighted by atomic mass is 10.2. The molecule has 0 amide bonds. The fraction of sp³-hybridized carbons (Fsp3) is 0.174. The number of sulfonamides is 1. The van der Waals surface area contributed by atoms with Crippen molar-refractivity contribution in [3.8, 4) is 11.4 Å². The number of thiophene rings is 1. The van der Waals surface area contributed by atoms with Gasteiger partial charge in [-0.3, -0.25) is 4.72 Å². The highest BCUT2D eigenvalue weighted by atomic mass is 32.2. The molecule has 1 aliphatic rings. The van der Waals surface area contributed by atoms with Crippen molar-refractivity contribution >= 4 is 60.4 Å². The van der Waals surface area contributed by atoms with E-state index in [4.69, 9.17) is 20.6 Å². The number of hydrogen-bond acceptors (Lipinski definition) is 11. The van der Waals surface area contributed by atoms with Gasteiger partial charge in [-0.2, -0.15) is 0 Å². The van der Waals surface area contributed by atoms with Crippen LogP contribution in [0.2, 0.25) is 0 Å². The molecular weight excluding hydrogens is 518 g/mol. The van der Waals surface area contributed by atoms with Crippen LogP contribution in [-0.4, -0.2) is 65.7 Å². The Morgan fingerprint density at radius 1 is 1.16 bits per heavy atom. The Bertz CT molecular complexity index is 1600. The van der Waals surface area contributed by atoms with Crippen LogP contribution in [0.3, 0.4) is 0 Å². The van der Waals surface area contributed by atoms with Gasteiger partial charge in [0.1, 0.15) is 5.00 Å². The second-order valence-electron chi connectivity index (χ2n) is 7.97. The van der Waals surface area contributed by atoms with E-state index in [1.165, 1.54) is 41.9 Å². The summed E-state index contributed by atoms with van der Waals surface area (Å²) < 4.78 is 35.1. The van der Waals surface area contributed by atoms with E-state index in [1.807, 2.05) is 0 Å². The number of nitrogens with one attached hydrogen (secondary N) is 1. The number of anilines is 3. The van der Waals surface area contributed by atoms with E-state index in [2.05, 4.69) is 24.6 Å². The summed E-state index contributed by atoms with van der Waals surface area (Å²) in [5, 5.41) is 9.20. The van der Waals surface area contributed by atoms with Crippen molar-refractivity contribution in [2.75, 3.05) is 41.7 Å². The number of rotatable bonds is 7. The molecule has 4 aromatic rings. The smallest absolute Gasteiger partial charge is 0.328 e. The molecule has 0 bridgehead atoms. The molecule has 0 radical (unpaired) electrons. The maximum absolute atomic E-state index is 13.1. The Hall–Kier alpha value is -4.14. The molecule has 1 aliphatic heterocycles. The third-order valence-electron chi connectivity index (χ3n) is 5.42. The zero-order valence-corrected chi connectivity index (χ0v) is 20.9. The first-order valence-electron chi connectivity index (χ1n) is 11.0. The average molecular weight is 540 g/mol. The van der Waals surface area contributed by atoms with E-state index in [1.54, 1.807) is 18.2 Å². The average Bonchev–Trinajstić information content (AvgIpc) is 3.29. The molecule has 3 aromatic heterocycles. The van der Waals surface area contributed by atoms with Gasteiger partial charge in [0.15, 0.2) is 11.6 Å². The molecule has 1 aromatic carbocycles. The molecule has 4 heterocycles. The molecule has 190 valence electrons. The highest BCUT2D eigenvalue weighted by Gasteiger charge is 2.22. The molecular formula is C23H21N7O5S2. The maximum atomic E-state index is 13.1. The SMILES string of the molecule is Nc1ncc(-c2nc(N3CCOCC3)c3sc(NS(=O)(=O)c4cccc(C=CC(=O)O)c4)cc3n2)cn1. The molecule has 0 saturated carbocycles. The van der Waals surface area contributed by atoms with Gasteiger partial charge in [0.25, 0.3) is 10.0 Å². The van der Waals surface area contributed by atoms with Crippen molar-refractivity contribution in [2.45, 2.75) is 4.90 Å².